The van der Waals surface area contributed by atoms with Gasteiger partial charge >= 0.3 is 0 Å². The second-order valence-corrected chi connectivity index (χ2v) is 6.57. The third kappa shape index (κ3) is 3.72. The Kier molecular flexibility index (Phi) is 4.60. The SMILES string of the molecule is Fc1cnc(Nc2ccc(-c3cnco3)cc2)nc1Nc1ccc2c(c1)NCCO2. The number of anilines is 5. The third-order valence-corrected chi connectivity index (χ3v) is 4.52. The van der Waals surface area contributed by atoms with Crippen molar-refractivity contribution in [2.75, 3.05) is 29.1 Å². The minimum Gasteiger partial charge on any atom is -0.490 e. The number of hydrogen-bond acceptors (Lipinski definition) is 8. The molecule has 0 amide bonds. The zero-order chi connectivity index (χ0) is 20.3. The van der Waals surface area contributed by atoms with Crippen LogP contribution in [-0.2, 0) is 0 Å². The summed E-state index contributed by atoms with van der Waals surface area (Å²) in [5, 5.41) is 9.32. The van der Waals surface area contributed by atoms with Crippen molar-refractivity contribution < 1.29 is 13.5 Å². The Morgan fingerprint density at radius 2 is 1.87 bits per heavy atom. The first kappa shape index (κ1) is 17.9. The summed E-state index contributed by atoms with van der Waals surface area (Å²) in [6.45, 7) is 1.34. The fourth-order valence-electron chi connectivity index (χ4n) is 3.08. The van der Waals surface area contributed by atoms with Crippen molar-refractivity contribution in [3.05, 3.63) is 67.1 Å². The number of nitrogens with zero attached hydrogens (tertiary/aromatic N) is 3. The number of oxazole rings is 1. The highest BCUT2D eigenvalue weighted by atomic mass is 19.1. The number of fused-ring (bicyclic) bond motifs is 1. The van der Waals surface area contributed by atoms with E-state index in [1.165, 1.54) is 6.39 Å². The van der Waals surface area contributed by atoms with Gasteiger partial charge in [-0.05, 0) is 42.5 Å². The van der Waals surface area contributed by atoms with E-state index in [-0.39, 0.29) is 11.8 Å². The maximum atomic E-state index is 14.3. The molecule has 0 unspecified atom stereocenters. The molecular formula is C21H17FN6O2. The number of ether oxygens (including phenoxy) is 1. The number of aromatic nitrogens is 3. The lowest BCUT2D eigenvalue weighted by atomic mass is 10.2. The van der Waals surface area contributed by atoms with Crippen molar-refractivity contribution in [1.29, 1.82) is 0 Å². The molecule has 8 nitrogen and oxygen atoms in total. The summed E-state index contributed by atoms with van der Waals surface area (Å²) in [6, 6.07) is 13.0. The second-order valence-electron chi connectivity index (χ2n) is 6.57. The van der Waals surface area contributed by atoms with Gasteiger partial charge in [-0.3, -0.25) is 0 Å². The topological polar surface area (TPSA) is 97.1 Å². The van der Waals surface area contributed by atoms with E-state index in [1.807, 2.05) is 42.5 Å². The Labute approximate surface area is 171 Å². The largest absolute Gasteiger partial charge is 0.490 e. The molecule has 0 fully saturated rings. The van der Waals surface area contributed by atoms with Crippen LogP contribution >= 0.6 is 0 Å². The highest BCUT2D eigenvalue weighted by Gasteiger charge is 2.12. The molecule has 2 aromatic carbocycles. The second kappa shape index (κ2) is 7.70. The van der Waals surface area contributed by atoms with Crippen LogP contribution in [0, 0.1) is 5.82 Å². The van der Waals surface area contributed by atoms with E-state index < -0.39 is 5.82 Å². The smallest absolute Gasteiger partial charge is 0.229 e. The molecule has 150 valence electrons. The zero-order valence-corrected chi connectivity index (χ0v) is 15.7. The molecule has 9 heteroatoms. The molecule has 4 aromatic rings. The number of rotatable bonds is 5. The van der Waals surface area contributed by atoms with E-state index >= 15 is 0 Å². The molecule has 1 aliphatic rings. The summed E-state index contributed by atoms with van der Waals surface area (Å²) in [7, 11) is 0. The minimum atomic E-state index is -0.553. The minimum absolute atomic E-state index is 0.0717. The van der Waals surface area contributed by atoms with Gasteiger partial charge in [0.1, 0.15) is 12.4 Å². The highest BCUT2D eigenvalue weighted by molar-refractivity contribution is 5.69. The number of benzene rings is 2. The van der Waals surface area contributed by atoms with Crippen molar-refractivity contribution in [3.8, 4) is 17.1 Å². The maximum Gasteiger partial charge on any atom is 0.229 e. The van der Waals surface area contributed by atoms with Crippen LogP contribution in [0.3, 0.4) is 0 Å². The molecule has 2 aromatic heterocycles. The highest BCUT2D eigenvalue weighted by Crippen LogP contribution is 2.31. The van der Waals surface area contributed by atoms with Gasteiger partial charge in [-0.15, -0.1) is 0 Å². The van der Waals surface area contributed by atoms with Gasteiger partial charge in [0.15, 0.2) is 23.8 Å². The number of halogens is 1. The summed E-state index contributed by atoms with van der Waals surface area (Å²) in [5.41, 5.74) is 3.19. The zero-order valence-electron chi connectivity index (χ0n) is 15.7. The first-order chi connectivity index (χ1) is 14.7. The fourth-order valence-corrected chi connectivity index (χ4v) is 3.08. The molecular weight excluding hydrogens is 387 g/mol. The van der Waals surface area contributed by atoms with Crippen LogP contribution in [0.25, 0.3) is 11.3 Å². The summed E-state index contributed by atoms with van der Waals surface area (Å²) < 4.78 is 25.1. The molecule has 3 heterocycles. The molecule has 0 aliphatic carbocycles. The Hall–Kier alpha value is -4.14. The van der Waals surface area contributed by atoms with Gasteiger partial charge in [-0.25, -0.2) is 14.4 Å². The quantitative estimate of drug-likeness (QED) is 0.445. The molecule has 0 saturated carbocycles. The molecule has 0 radical (unpaired) electrons. The summed E-state index contributed by atoms with van der Waals surface area (Å²) >= 11 is 0. The van der Waals surface area contributed by atoms with Crippen LogP contribution < -0.4 is 20.7 Å². The number of hydrogen-bond donors (Lipinski definition) is 3. The average Bonchev–Trinajstić information content (AvgIpc) is 3.31. The normalized spacial score (nSPS) is 12.4. The Morgan fingerprint density at radius 1 is 1.00 bits per heavy atom. The van der Waals surface area contributed by atoms with Gasteiger partial charge in [-0.1, -0.05) is 0 Å². The van der Waals surface area contributed by atoms with Crippen molar-refractivity contribution >= 4 is 28.8 Å². The van der Waals surface area contributed by atoms with Gasteiger partial charge in [0.2, 0.25) is 5.95 Å². The summed E-state index contributed by atoms with van der Waals surface area (Å²) in [5.74, 6) is 1.23. The molecule has 0 atom stereocenters. The van der Waals surface area contributed by atoms with E-state index in [1.54, 1.807) is 6.20 Å². The predicted octanol–water partition coefficient (Wildman–Crippen LogP) is 4.56. The molecule has 5 rings (SSSR count). The van der Waals surface area contributed by atoms with Crippen LogP contribution in [0.4, 0.5) is 33.2 Å². The first-order valence-corrected chi connectivity index (χ1v) is 9.31. The molecule has 1 aliphatic heterocycles. The standard InChI is InChI=1S/C21H17FN6O2/c22-16-10-25-21(27-14-3-1-13(2-4-14)19-11-23-12-30-19)28-20(16)26-15-5-6-18-17(9-15)24-7-8-29-18/h1-6,9-12,24H,7-8H2,(H2,25,26,27,28). The van der Waals surface area contributed by atoms with E-state index in [9.17, 15) is 4.39 Å². The van der Waals surface area contributed by atoms with E-state index in [0.717, 1.165) is 35.4 Å². The summed E-state index contributed by atoms with van der Waals surface area (Å²) in [4.78, 5) is 12.2. The third-order valence-electron chi connectivity index (χ3n) is 4.52. The van der Waals surface area contributed by atoms with E-state index in [2.05, 4.69) is 30.9 Å². The molecule has 0 bridgehead atoms. The Balaban J connectivity index is 1.33. The predicted molar refractivity (Wildman–Crippen MR) is 111 cm³/mol. The molecule has 30 heavy (non-hydrogen) atoms. The van der Waals surface area contributed by atoms with Gasteiger partial charge < -0.3 is 25.1 Å². The van der Waals surface area contributed by atoms with Gasteiger partial charge in [-0.2, -0.15) is 4.98 Å². The molecule has 0 saturated heterocycles. The van der Waals surface area contributed by atoms with Crippen molar-refractivity contribution in [1.82, 2.24) is 15.0 Å². The monoisotopic (exact) mass is 404 g/mol. The maximum absolute atomic E-state index is 14.3. The Bertz CT molecular complexity index is 1160. The van der Waals surface area contributed by atoms with Gasteiger partial charge in [0.05, 0.1) is 18.1 Å². The van der Waals surface area contributed by atoms with Crippen molar-refractivity contribution in [2.24, 2.45) is 0 Å². The number of nitrogens with one attached hydrogen (secondary N) is 3. The van der Waals surface area contributed by atoms with E-state index in [0.29, 0.717) is 18.1 Å². The van der Waals surface area contributed by atoms with Crippen LogP contribution in [0.2, 0.25) is 0 Å². The fraction of sp³-hybridized carbons (Fsp3) is 0.0952. The molecule has 3 N–H and O–H groups in total. The molecule has 0 spiro atoms. The van der Waals surface area contributed by atoms with Crippen LogP contribution in [0.15, 0.2) is 65.7 Å². The van der Waals surface area contributed by atoms with Crippen molar-refractivity contribution in [3.63, 3.8) is 0 Å². The lowest BCUT2D eigenvalue weighted by Crippen LogP contribution is -2.17. The average molecular weight is 404 g/mol. The van der Waals surface area contributed by atoms with Crippen molar-refractivity contribution in [2.45, 2.75) is 0 Å². The van der Waals surface area contributed by atoms with Gasteiger partial charge in [0.25, 0.3) is 0 Å². The van der Waals surface area contributed by atoms with Gasteiger partial charge in [0, 0.05) is 23.5 Å². The lowest BCUT2D eigenvalue weighted by Gasteiger charge is -2.20. The first-order valence-electron chi connectivity index (χ1n) is 9.31. The Morgan fingerprint density at radius 3 is 2.70 bits per heavy atom. The summed E-state index contributed by atoms with van der Waals surface area (Å²) in [6.07, 6.45) is 4.15. The van der Waals surface area contributed by atoms with E-state index in [4.69, 9.17) is 9.15 Å². The lowest BCUT2D eigenvalue weighted by molar-refractivity contribution is 0.323. The van der Waals surface area contributed by atoms with Crippen LogP contribution in [-0.4, -0.2) is 28.1 Å². The van der Waals surface area contributed by atoms with Crippen LogP contribution in [0.1, 0.15) is 0 Å². The van der Waals surface area contributed by atoms with Crippen LogP contribution in [0.5, 0.6) is 5.75 Å².